The Morgan fingerprint density at radius 1 is 1.19 bits per heavy atom. The van der Waals surface area contributed by atoms with Gasteiger partial charge in [0, 0.05) is 63.2 Å². The predicted octanol–water partition coefficient (Wildman–Crippen LogP) is 4.03. The van der Waals surface area contributed by atoms with E-state index < -0.39 is 17.9 Å². The van der Waals surface area contributed by atoms with E-state index in [1.165, 1.54) is 0 Å². The first-order valence-electron chi connectivity index (χ1n) is 15.7. The van der Waals surface area contributed by atoms with Gasteiger partial charge in [-0.2, -0.15) is 0 Å². The van der Waals surface area contributed by atoms with Crippen molar-refractivity contribution in [2.24, 2.45) is 17.1 Å². The summed E-state index contributed by atoms with van der Waals surface area (Å²) >= 11 is 0. The molecule has 2 aromatic carbocycles. The Hall–Kier alpha value is -3.43. The number of aliphatic carboxylic acids is 1. The fourth-order valence-electron chi connectivity index (χ4n) is 7.13. The number of anilines is 1. The van der Waals surface area contributed by atoms with Crippen LogP contribution in [0.15, 0.2) is 42.5 Å². The van der Waals surface area contributed by atoms with Gasteiger partial charge < -0.3 is 25.4 Å². The number of benzene rings is 2. The number of hydrogen-bond donors (Lipinski definition) is 2. The van der Waals surface area contributed by atoms with E-state index in [4.69, 9.17) is 10.5 Å². The highest BCUT2D eigenvalue weighted by atomic mass is 16.5. The molecule has 0 aromatic heterocycles. The molecule has 9 nitrogen and oxygen atoms in total. The Bertz CT molecular complexity index is 1340. The summed E-state index contributed by atoms with van der Waals surface area (Å²) in [5.74, 6) is -0.941. The van der Waals surface area contributed by atoms with E-state index >= 15 is 0 Å². The normalized spacial score (nSPS) is 22.9. The van der Waals surface area contributed by atoms with Gasteiger partial charge in [-0.1, -0.05) is 51.5 Å². The van der Waals surface area contributed by atoms with Crippen molar-refractivity contribution in [3.63, 3.8) is 0 Å². The van der Waals surface area contributed by atoms with Crippen molar-refractivity contribution in [3.8, 4) is 5.75 Å². The summed E-state index contributed by atoms with van der Waals surface area (Å²) < 4.78 is 5.70. The summed E-state index contributed by atoms with van der Waals surface area (Å²) in [5, 5.41) is 10.6. The molecule has 43 heavy (non-hydrogen) atoms. The minimum atomic E-state index is -0.867. The number of nitrogens with two attached hydrogens (primary N) is 1. The highest BCUT2D eigenvalue weighted by Crippen LogP contribution is 2.41. The number of hydrogen-bond acceptors (Lipinski definition) is 6. The fourth-order valence-corrected chi connectivity index (χ4v) is 7.13. The van der Waals surface area contributed by atoms with Crippen LogP contribution in [-0.2, 0) is 27.3 Å². The second kappa shape index (κ2) is 13.1. The third kappa shape index (κ3) is 6.88. The van der Waals surface area contributed by atoms with Gasteiger partial charge in [-0.3, -0.25) is 19.3 Å². The lowest BCUT2D eigenvalue weighted by Gasteiger charge is -2.31. The number of carbonyl (C=O) groups excluding carboxylic acids is 2. The summed E-state index contributed by atoms with van der Waals surface area (Å²) in [5.41, 5.74) is 9.64. The number of nitrogens with zero attached hydrogens (tertiary/aromatic N) is 3. The number of carbonyl (C=O) groups is 3. The van der Waals surface area contributed by atoms with Crippen LogP contribution in [0.25, 0.3) is 0 Å². The van der Waals surface area contributed by atoms with Crippen LogP contribution in [0.5, 0.6) is 5.75 Å². The smallest absolute Gasteiger partial charge is 0.308 e. The second-order valence-corrected chi connectivity index (χ2v) is 13.2. The van der Waals surface area contributed by atoms with E-state index in [0.717, 1.165) is 47.4 Å². The van der Waals surface area contributed by atoms with Crippen LogP contribution in [0.2, 0.25) is 0 Å². The molecule has 0 saturated carbocycles. The monoisotopic (exact) mass is 590 g/mol. The van der Waals surface area contributed by atoms with Crippen LogP contribution in [0.1, 0.15) is 69.1 Å². The van der Waals surface area contributed by atoms with Crippen molar-refractivity contribution in [1.82, 2.24) is 9.80 Å². The molecule has 232 valence electrons. The number of likely N-dealkylation sites (tertiary alicyclic amines) is 2. The lowest BCUT2D eigenvalue weighted by atomic mass is 9.83. The number of rotatable bonds is 12. The zero-order valence-corrected chi connectivity index (χ0v) is 25.8. The van der Waals surface area contributed by atoms with Crippen molar-refractivity contribution in [2.75, 3.05) is 44.2 Å². The molecule has 0 bridgehead atoms. The molecule has 2 amide bonds. The SMILES string of the molecule is CCCCN(C(=O)CN1C[C@H](c2ccc3c(c2)CCO3)C(C(=O)O)[C@@H]1CCN1CC(C)(C)CC1=O)c1cccc(CN)c1. The maximum Gasteiger partial charge on any atom is 0.308 e. The third-order valence-electron chi connectivity index (χ3n) is 9.30. The number of carboxylic acids is 1. The van der Waals surface area contributed by atoms with E-state index in [2.05, 4.69) is 31.7 Å². The lowest BCUT2D eigenvalue weighted by Crippen LogP contribution is -2.45. The van der Waals surface area contributed by atoms with Crippen molar-refractivity contribution in [2.45, 2.75) is 71.4 Å². The van der Waals surface area contributed by atoms with E-state index in [9.17, 15) is 19.5 Å². The first-order chi connectivity index (χ1) is 20.6. The molecule has 3 aliphatic rings. The van der Waals surface area contributed by atoms with Gasteiger partial charge in [0.25, 0.3) is 0 Å². The summed E-state index contributed by atoms with van der Waals surface area (Å²) in [6.07, 6.45) is 3.59. The van der Waals surface area contributed by atoms with Crippen LogP contribution < -0.4 is 15.4 Å². The summed E-state index contributed by atoms with van der Waals surface area (Å²) in [7, 11) is 0. The Balaban J connectivity index is 1.43. The second-order valence-electron chi connectivity index (χ2n) is 13.2. The molecular weight excluding hydrogens is 544 g/mol. The molecule has 3 N–H and O–H groups in total. The van der Waals surface area contributed by atoms with Crippen LogP contribution in [0, 0.1) is 11.3 Å². The molecule has 2 aromatic rings. The molecule has 3 atom stereocenters. The predicted molar refractivity (Wildman–Crippen MR) is 166 cm³/mol. The molecule has 9 heteroatoms. The first kappa shape index (κ1) is 31.0. The quantitative estimate of drug-likeness (QED) is 0.383. The van der Waals surface area contributed by atoms with Crippen molar-refractivity contribution in [3.05, 3.63) is 59.2 Å². The van der Waals surface area contributed by atoms with Crippen LogP contribution in [-0.4, -0.2) is 78.1 Å². The van der Waals surface area contributed by atoms with Gasteiger partial charge in [-0.25, -0.2) is 0 Å². The van der Waals surface area contributed by atoms with E-state index in [-0.39, 0.29) is 29.7 Å². The summed E-state index contributed by atoms with van der Waals surface area (Å²) in [6.45, 7) is 9.57. The molecule has 2 saturated heterocycles. The number of fused-ring (bicyclic) bond motifs is 1. The van der Waals surface area contributed by atoms with Gasteiger partial charge in [-0.05, 0) is 53.1 Å². The zero-order chi connectivity index (χ0) is 30.7. The highest BCUT2D eigenvalue weighted by molar-refractivity contribution is 5.95. The molecule has 0 spiro atoms. The van der Waals surface area contributed by atoms with Gasteiger partial charge in [0.15, 0.2) is 0 Å². The van der Waals surface area contributed by atoms with Crippen LogP contribution in [0.3, 0.4) is 0 Å². The number of ether oxygens (including phenoxy) is 1. The third-order valence-corrected chi connectivity index (χ3v) is 9.30. The Kier molecular flexibility index (Phi) is 9.42. The average molecular weight is 591 g/mol. The number of unbranched alkanes of at least 4 members (excludes halogenated alkanes) is 1. The molecule has 1 unspecified atom stereocenters. The first-order valence-corrected chi connectivity index (χ1v) is 15.7. The Labute approximate surface area is 255 Å². The van der Waals surface area contributed by atoms with Crippen molar-refractivity contribution < 1.29 is 24.2 Å². The number of carboxylic acid groups (broad SMARTS) is 1. The van der Waals surface area contributed by atoms with Crippen molar-refractivity contribution >= 4 is 23.5 Å². The molecule has 2 fully saturated rings. The van der Waals surface area contributed by atoms with Gasteiger partial charge in [-0.15, -0.1) is 0 Å². The van der Waals surface area contributed by atoms with Crippen LogP contribution >= 0.6 is 0 Å². The maximum absolute atomic E-state index is 14.0. The van der Waals surface area contributed by atoms with E-state index in [1.54, 1.807) is 0 Å². The fraction of sp³-hybridized carbons (Fsp3) is 0.559. The molecule has 3 aliphatic heterocycles. The topological polar surface area (TPSA) is 116 Å². The van der Waals surface area contributed by atoms with Crippen LogP contribution in [0.4, 0.5) is 5.69 Å². The highest BCUT2D eigenvalue weighted by Gasteiger charge is 2.48. The van der Waals surface area contributed by atoms with Gasteiger partial charge in [0.05, 0.1) is 19.1 Å². The molecular formula is C34H46N4O5. The Morgan fingerprint density at radius 2 is 2.00 bits per heavy atom. The standard InChI is InChI=1S/C34H46N4O5/c1-4-5-13-38(26-8-6-7-23(16-26)19-35)31(40)21-37-20-27(24-9-10-29-25(17-24)12-15-43-29)32(33(41)42)28(37)11-14-36-22-34(2,3)18-30(36)39/h6-10,16-17,27-28,32H,4-5,11-15,18-22,35H2,1-3H3,(H,41,42)/t27-,28+,32?/m1/s1. The largest absolute Gasteiger partial charge is 0.493 e. The van der Waals surface area contributed by atoms with Gasteiger partial charge in [0.2, 0.25) is 11.8 Å². The van der Waals surface area contributed by atoms with E-state index in [1.807, 2.05) is 46.2 Å². The molecule has 5 rings (SSSR count). The van der Waals surface area contributed by atoms with Crippen molar-refractivity contribution in [1.29, 1.82) is 0 Å². The van der Waals surface area contributed by atoms with Gasteiger partial charge >= 0.3 is 5.97 Å². The molecule has 3 heterocycles. The Morgan fingerprint density at radius 3 is 2.70 bits per heavy atom. The zero-order valence-electron chi connectivity index (χ0n) is 25.8. The minimum Gasteiger partial charge on any atom is -0.493 e. The van der Waals surface area contributed by atoms with E-state index in [0.29, 0.717) is 52.2 Å². The summed E-state index contributed by atoms with van der Waals surface area (Å²) in [6, 6.07) is 13.4. The number of amides is 2. The molecule has 0 radical (unpaired) electrons. The summed E-state index contributed by atoms with van der Waals surface area (Å²) in [4.78, 5) is 45.5. The molecule has 0 aliphatic carbocycles. The minimum absolute atomic E-state index is 0.0573. The average Bonchev–Trinajstić information content (AvgIpc) is 3.66. The maximum atomic E-state index is 14.0. The lowest BCUT2D eigenvalue weighted by molar-refractivity contribution is -0.143. The van der Waals surface area contributed by atoms with Gasteiger partial charge in [0.1, 0.15) is 5.75 Å².